The second kappa shape index (κ2) is 13.0. The van der Waals surface area contributed by atoms with Gasteiger partial charge in [-0.2, -0.15) is 0 Å². The molecule has 0 atom stereocenters. The van der Waals surface area contributed by atoms with Crippen molar-refractivity contribution in [1.29, 1.82) is 0 Å². The van der Waals surface area contributed by atoms with E-state index in [-0.39, 0.29) is 16.9 Å². The molecule has 3 aromatic rings. The zero-order valence-electron chi connectivity index (χ0n) is 21.9. The van der Waals surface area contributed by atoms with Crippen LogP contribution in [0.2, 0.25) is 0 Å². The number of rotatable bonds is 10. The van der Waals surface area contributed by atoms with Gasteiger partial charge in [-0.25, -0.2) is 13.2 Å². The largest absolute Gasteiger partial charge is 0.491 e. The lowest BCUT2D eigenvalue weighted by Crippen LogP contribution is -2.12. The number of halogens is 3. The maximum absolute atomic E-state index is 15.0. The smallest absolute Gasteiger partial charge is 0.167 e. The second-order valence-electron chi connectivity index (χ2n) is 10.1. The van der Waals surface area contributed by atoms with Crippen LogP contribution in [-0.4, -0.2) is 6.61 Å². The third-order valence-corrected chi connectivity index (χ3v) is 7.49. The Hall–Kier alpha value is -3.01. The van der Waals surface area contributed by atoms with E-state index in [2.05, 4.69) is 6.92 Å². The van der Waals surface area contributed by atoms with E-state index in [0.717, 1.165) is 44.1 Å². The highest BCUT2D eigenvalue weighted by atomic mass is 19.2. The first-order chi connectivity index (χ1) is 18.0. The minimum absolute atomic E-state index is 0.271. The summed E-state index contributed by atoms with van der Waals surface area (Å²) in [5, 5.41) is 0. The molecule has 0 radical (unpaired) electrons. The monoisotopic (exact) mass is 506 g/mol. The van der Waals surface area contributed by atoms with Crippen molar-refractivity contribution in [3.05, 3.63) is 94.8 Å². The molecule has 0 unspecified atom stereocenters. The summed E-state index contributed by atoms with van der Waals surface area (Å²) in [5.74, 6) is -1.03. The highest BCUT2D eigenvalue weighted by molar-refractivity contribution is 5.67. The minimum Gasteiger partial charge on any atom is -0.491 e. The zero-order valence-corrected chi connectivity index (χ0v) is 21.9. The van der Waals surface area contributed by atoms with Crippen LogP contribution in [0.1, 0.15) is 81.4 Å². The molecule has 0 amide bonds. The summed E-state index contributed by atoms with van der Waals surface area (Å²) >= 11 is 0. The summed E-state index contributed by atoms with van der Waals surface area (Å²) in [4.78, 5) is 0. The molecule has 4 heteroatoms. The molecule has 196 valence electrons. The van der Waals surface area contributed by atoms with Gasteiger partial charge in [0, 0.05) is 11.1 Å². The van der Waals surface area contributed by atoms with Crippen LogP contribution in [0.4, 0.5) is 13.2 Å². The van der Waals surface area contributed by atoms with Gasteiger partial charge in [0.15, 0.2) is 23.2 Å². The molecule has 0 N–H and O–H groups in total. The summed E-state index contributed by atoms with van der Waals surface area (Å²) in [6, 6.07) is 16.4. The molecule has 0 spiro atoms. The van der Waals surface area contributed by atoms with Crippen LogP contribution in [0.5, 0.6) is 5.75 Å². The Kier molecular flexibility index (Phi) is 9.49. The number of hydrogen-bond donors (Lipinski definition) is 0. The lowest BCUT2D eigenvalue weighted by atomic mass is 9.78. The molecule has 1 aliphatic rings. The van der Waals surface area contributed by atoms with Crippen molar-refractivity contribution in [2.45, 2.75) is 71.1 Å². The molecule has 3 aromatic carbocycles. The van der Waals surface area contributed by atoms with Gasteiger partial charge >= 0.3 is 0 Å². The Bertz CT molecular complexity index is 1190. The zero-order chi connectivity index (χ0) is 26.2. The highest BCUT2D eigenvalue weighted by Crippen LogP contribution is 2.38. The first-order valence-electron chi connectivity index (χ1n) is 13.7. The Morgan fingerprint density at radius 2 is 1.59 bits per heavy atom. The van der Waals surface area contributed by atoms with Crippen molar-refractivity contribution in [1.82, 2.24) is 0 Å². The molecular weight excluding hydrogens is 469 g/mol. The second-order valence-corrected chi connectivity index (χ2v) is 10.1. The number of hydrogen-bond acceptors (Lipinski definition) is 1. The number of benzene rings is 3. The lowest BCUT2D eigenvalue weighted by molar-refractivity contribution is 0.320. The van der Waals surface area contributed by atoms with E-state index in [1.807, 2.05) is 43.3 Å². The van der Waals surface area contributed by atoms with Crippen LogP contribution in [0.3, 0.4) is 0 Å². The van der Waals surface area contributed by atoms with E-state index in [0.29, 0.717) is 29.8 Å². The molecule has 0 saturated heterocycles. The quantitative estimate of drug-likeness (QED) is 0.249. The van der Waals surface area contributed by atoms with Gasteiger partial charge in [-0.1, -0.05) is 74.4 Å². The predicted molar refractivity (Wildman–Crippen MR) is 146 cm³/mol. The van der Waals surface area contributed by atoms with Gasteiger partial charge in [0.2, 0.25) is 0 Å². The maximum atomic E-state index is 15.0. The molecule has 1 fully saturated rings. The Balaban J connectivity index is 1.36. The molecule has 1 aliphatic carbocycles. The molecule has 1 saturated carbocycles. The van der Waals surface area contributed by atoms with E-state index in [1.54, 1.807) is 30.3 Å². The van der Waals surface area contributed by atoms with E-state index < -0.39 is 11.6 Å². The van der Waals surface area contributed by atoms with Crippen LogP contribution >= 0.6 is 0 Å². The van der Waals surface area contributed by atoms with Crippen LogP contribution in [0.25, 0.3) is 17.2 Å². The van der Waals surface area contributed by atoms with Gasteiger partial charge in [0.25, 0.3) is 0 Å². The molecular formula is C33H37F3O. The van der Waals surface area contributed by atoms with Gasteiger partial charge in [-0.05, 0) is 86.1 Å². The standard InChI is InChI=1S/C33H37F3O/c1-3-5-6-7-23-10-15-26(16-11-23)29-20-18-27(32(35)33(29)36)17-12-24-8-13-25(14-9-24)28-19-21-31(37-4-2)30(34)22-28/h10-12,15-22,24-25H,3-9,13-14H2,1-2H3/b17-12+. The van der Waals surface area contributed by atoms with E-state index in [9.17, 15) is 13.2 Å². The summed E-state index contributed by atoms with van der Waals surface area (Å²) in [6.45, 7) is 4.45. The van der Waals surface area contributed by atoms with Gasteiger partial charge in [-0.15, -0.1) is 0 Å². The molecule has 1 nitrogen and oxygen atoms in total. The summed E-state index contributed by atoms with van der Waals surface area (Å²) in [6.07, 6.45) is 12.0. The average molecular weight is 507 g/mol. The van der Waals surface area contributed by atoms with Crippen LogP contribution in [0.15, 0.2) is 60.7 Å². The Morgan fingerprint density at radius 1 is 0.838 bits per heavy atom. The number of ether oxygens (including phenoxy) is 1. The van der Waals surface area contributed by atoms with Gasteiger partial charge in [-0.3, -0.25) is 0 Å². The Labute approximate surface area is 219 Å². The summed E-state index contributed by atoms with van der Waals surface area (Å²) in [5.41, 5.74) is 3.47. The summed E-state index contributed by atoms with van der Waals surface area (Å²) in [7, 11) is 0. The van der Waals surface area contributed by atoms with Gasteiger partial charge in [0.05, 0.1) is 6.61 Å². The van der Waals surface area contributed by atoms with E-state index >= 15 is 0 Å². The van der Waals surface area contributed by atoms with E-state index in [1.165, 1.54) is 18.4 Å². The molecule has 0 bridgehead atoms. The SMILES string of the molecule is CCCCCc1ccc(-c2ccc(/C=C/C3CCC(c4ccc(OCC)c(F)c4)CC3)c(F)c2F)cc1. The fourth-order valence-electron chi connectivity index (χ4n) is 5.27. The third-order valence-electron chi connectivity index (χ3n) is 7.49. The number of allylic oxidation sites excluding steroid dienone is 1. The van der Waals surface area contributed by atoms with Crippen LogP contribution in [-0.2, 0) is 6.42 Å². The van der Waals surface area contributed by atoms with Crippen molar-refractivity contribution in [2.75, 3.05) is 6.61 Å². The molecule has 0 aliphatic heterocycles. The first kappa shape index (κ1) is 27.0. The first-order valence-corrected chi connectivity index (χ1v) is 13.7. The van der Waals surface area contributed by atoms with Crippen molar-refractivity contribution in [3.8, 4) is 16.9 Å². The Morgan fingerprint density at radius 3 is 2.27 bits per heavy atom. The van der Waals surface area contributed by atoms with Crippen molar-refractivity contribution in [3.63, 3.8) is 0 Å². The molecule has 0 aromatic heterocycles. The van der Waals surface area contributed by atoms with Gasteiger partial charge in [0.1, 0.15) is 0 Å². The average Bonchev–Trinajstić information content (AvgIpc) is 2.92. The molecule has 0 heterocycles. The third kappa shape index (κ3) is 6.85. The van der Waals surface area contributed by atoms with Crippen LogP contribution in [0, 0.1) is 23.4 Å². The lowest BCUT2D eigenvalue weighted by Gasteiger charge is -2.27. The minimum atomic E-state index is -0.806. The normalized spacial score (nSPS) is 17.9. The highest BCUT2D eigenvalue weighted by Gasteiger charge is 2.22. The van der Waals surface area contributed by atoms with Crippen molar-refractivity contribution in [2.24, 2.45) is 5.92 Å². The van der Waals surface area contributed by atoms with Crippen molar-refractivity contribution >= 4 is 6.08 Å². The molecule has 37 heavy (non-hydrogen) atoms. The maximum Gasteiger partial charge on any atom is 0.167 e. The number of unbranched alkanes of at least 4 members (excludes halogenated alkanes) is 2. The predicted octanol–water partition coefficient (Wildman–Crippen LogP) is 9.89. The fraction of sp³-hybridized carbons (Fsp3) is 0.394. The summed E-state index contributed by atoms with van der Waals surface area (Å²) < 4.78 is 49.4. The van der Waals surface area contributed by atoms with Crippen LogP contribution < -0.4 is 4.74 Å². The number of aryl methyl sites for hydroxylation is 1. The van der Waals surface area contributed by atoms with E-state index in [4.69, 9.17) is 4.74 Å². The van der Waals surface area contributed by atoms with Gasteiger partial charge < -0.3 is 4.74 Å². The molecule has 4 rings (SSSR count). The fourth-order valence-corrected chi connectivity index (χ4v) is 5.27. The topological polar surface area (TPSA) is 9.23 Å². The van der Waals surface area contributed by atoms with Crippen molar-refractivity contribution < 1.29 is 17.9 Å².